The maximum Gasteiger partial charge on any atom is 0.103 e. The zero-order valence-corrected chi connectivity index (χ0v) is 10.4. The number of imidazole rings is 1. The van der Waals surface area contributed by atoms with E-state index < -0.39 is 0 Å². The highest BCUT2D eigenvalue weighted by Gasteiger charge is 2.22. The van der Waals surface area contributed by atoms with Crippen LogP contribution in [0.25, 0.3) is 0 Å². The van der Waals surface area contributed by atoms with Crippen molar-refractivity contribution in [3.8, 4) is 0 Å². The molecule has 90 valence electrons. The molecular formula is C13H23N3. The maximum atomic E-state index is 4.22. The summed E-state index contributed by atoms with van der Waals surface area (Å²) in [5.74, 6) is 1.88. The molecule has 0 spiro atoms. The Morgan fingerprint density at radius 2 is 2.25 bits per heavy atom. The van der Waals surface area contributed by atoms with Crippen molar-refractivity contribution >= 4 is 0 Å². The summed E-state index contributed by atoms with van der Waals surface area (Å²) in [7, 11) is 0. The molecule has 0 radical (unpaired) electrons. The third-order valence-electron chi connectivity index (χ3n) is 3.74. The highest BCUT2D eigenvalue weighted by atomic mass is 15.0. The van der Waals surface area contributed by atoms with Gasteiger partial charge in [-0.05, 0) is 25.7 Å². The molecule has 2 N–H and O–H groups in total. The lowest BCUT2D eigenvalue weighted by atomic mass is 9.83. The van der Waals surface area contributed by atoms with Crippen LogP contribution in [0.5, 0.6) is 0 Å². The van der Waals surface area contributed by atoms with Gasteiger partial charge < -0.3 is 10.3 Å². The molecule has 0 aliphatic heterocycles. The number of rotatable bonds is 4. The van der Waals surface area contributed by atoms with Gasteiger partial charge in [0.1, 0.15) is 5.82 Å². The molecule has 1 aromatic heterocycles. The second-order valence-electron chi connectivity index (χ2n) is 4.93. The van der Waals surface area contributed by atoms with Crippen LogP contribution in [-0.2, 0) is 6.54 Å². The Morgan fingerprint density at radius 3 is 2.94 bits per heavy atom. The van der Waals surface area contributed by atoms with E-state index in [9.17, 15) is 0 Å². The van der Waals surface area contributed by atoms with Crippen molar-refractivity contribution in [3.63, 3.8) is 0 Å². The first kappa shape index (κ1) is 11.6. The number of aromatic nitrogens is 2. The van der Waals surface area contributed by atoms with Gasteiger partial charge in [-0.2, -0.15) is 0 Å². The number of aryl methyl sites for hydroxylation is 1. The van der Waals surface area contributed by atoms with E-state index in [2.05, 4.69) is 22.2 Å². The highest BCUT2D eigenvalue weighted by molar-refractivity contribution is 4.99. The number of nitrogens with one attached hydrogen (secondary N) is 2. The molecule has 3 nitrogen and oxygen atoms in total. The quantitative estimate of drug-likeness (QED) is 0.820. The van der Waals surface area contributed by atoms with E-state index in [1.807, 2.05) is 13.1 Å². The van der Waals surface area contributed by atoms with Gasteiger partial charge in [0.2, 0.25) is 0 Å². The molecule has 1 saturated carbocycles. The fourth-order valence-corrected chi connectivity index (χ4v) is 2.77. The predicted octanol–water partition coefficient (Wildman–Crippen LogP) is 2.78. The monoisotopic (exact) mass is 221 g/mol. The minimum Gasteiger partial charge on any atom is -0.345 e. The van der Waals surface area contributed by atoms with Crippen LogP contribution in [0.2, 0.25) is 0 Å². The van der Waals surface area contributed by atoms with Gasteiger partial charge in [0, 0.05) is 24.5 Å². The largest absolute Gasteiger partial charge is 0.345 e. The molecule has 2 rings (SSSR count). The molecule has 3 heteroatoms. The molecule has 0 bridgehead atoms. The van der Waals surface area contributed by atoms with E-state index in [1.54, 1.807) is 0 Å². The Hall–Kier alpha value is -0.830. The Morgan fingerprint density at radius 1 is 1.44 bits per heavy atom. The van der Waals surface area contributed by atoms with Crippen LogP contribution in [0.1, 0.15) is 50.5 Å². The van der Waals surface area contributed by atoms with Gasteiger partial charge in [0.25, 0.3) is 0 Å². The van der Waals surface area contributed by atoms with E-state index in [-0.39, 0.29) is 0 Å². The van der Waals surface area contributed by atoms with E-state index in [1.165, 1.54) is 37.8 Å². The molecular weight excluding hydrogens is 198 g/mol. The van der Waals surface area contributed by atoms with Crippen molar-refractivity contribution in [2.24, 2.45) is 5.92 Å². The van der Waals surface area contributed by atoms with Crippen LogP contribution in [0.3, 0.4) is 0 Å². The molecule has 1 aliphatic rings. The molecule has 0 saturated heterocycles. The van der Waals surface area contributed by atoms with Gasteiger partial charge in [0.15, 0.2) is 0 Å². The van der Waals surface area contributed by atoms with E-state index >= 15 is 0 Å². The number of nitrogens with zero attached hydrogens (tertiary/aromatic N) is 1. The molecule has 1 aromatic rings. The molecule has 0 amide bonds. The Bertz CT molecular complexity index is 319. The number of hydrogen-bond acceptors (Lipinski definition) is 2. The first-order chi connectivity index (χ1) is 7.79. The lowest BCUT2D eigenvalue weighted by Crippen LogP contribution is -2.37. The smallest absolute Gasteiger partial charge is 0.103 e. The molecule has 2 atom stereocenters. The molecule has 1 heterocycles. The third kappa shape index (κ3) is 2.85. The van der Waals surface area contributed by atoms with Crippen LogP contribution >= 0.6 is 0 Å². The minimum atomic E-state index is 0.711. The maximum absolute atomic E-state index is 4.22. The van der Waals surface area contributed by atoms with Crippen LogP contribution < -0.4 is 5.32 Å². The Kier molecular flexibility index (Phi) is 3.99. The van der Waals surface area contributed by atoms with Crippen molar-refractivity contribution in [3.05, 3.63) is 17.7 Å². The SMILES string of the molecule is CCC1CCCCC1NCc1cnc(C)[nH]1. The Labute approximate surface area is 98.1 Å². The standard InChI is InChI=1S/C13H23N3/c1-3-11-6-4-5-7-13(11)15-9-12-8-14-10(2)16-12/h8,11,13,15H,3-7,9H2,1-2H3,(H,14,16). The summed E-state index contributed by atoms with van der Waals surface area (Å²) in [4.78, 5) is 7.50. The lowest BCUT2D eigenvalue weighted by molar-refractivity contribution is 0.254. The minimum absolute atomic E-state index is 0.711. The molecule has 2 unspecified atom stereocenters. The van der Waals surface area contributed by atoms with Crippen LogP contribution in [0.15, 0.2) is 6.20 Å². The summed E-state index contributed by atoms with van der Waals surface area (Å²) < 4.78 is 0. The number of H-pyrrole nitrogens is 1. The van der Waals surface area contributed by atoms with Gasteiger partial charge in [-0.25, -0.2) is 4.98 Å². The second-order valence-corrected chi connectivity index (χ2v) is 4.93. The van der Waals surface area contributed by atoms with Crippen molar-refractivity contribution in [2.45, 2.75) is 58.5 Å². The average molecular weight is 221 g/mol. The highest BCUT2D eigenvalue weighted by Crippen LogP contribution is 2.26. The van der Waals surface area contributed by atoms with E-state index in [4.69, 9.17) is 0 Å². The average Bonchev–Trinajstić information content (AvgIpc) is 2.73. The second kappa shape index (κ2) is 5.48. The van der Waals surface area contributed by atoms with E-state index in [0.717, 1.165) is 18.3 Å². The summed E-state index contributed by atoms with van der Waals surface area (Å²) >= 11 is 0. The lowest BCUT2D eigenvalue weighted by Gasteiger charge is -2.31. The molecule has 1 fully saturated rings. The van der Waals surface area contributed by atoms with Gasteiger partial charge in [-0.3, -0.25) is 0 Å². The molecule has 1 aliphatic carbocycles. The van der Waals surface area contributed by atoms with Crippen LogP contribution in [0, 0.1) is 12.8 Å². The first-order valence-electron chi connectivity index (χ1n) is 6.53. The third-order valence-corrected chi connectivity index (χ3v) is 3.74. The van der Waals surface area contributed by atoms with Gasteiger partial charge >= 0.3 is 0 Å². The van der Waals surface area contributed by atoms with Crippen molar-refractivity contribution < 1.29 is 0 Å². The summed E-state index contributed by atoms with van der Waals surface area (Å²) in [5, 5.41) is 3.68. The van der Waals surface area contributed by atoms with Gasteiger partial charge in [-0.1, -0.05) is 26.2 Å². The first-order valence-corrected chi connectivity index (χ1v) is 6.53. The summed E-state index contributed by atoms with van der Waals surface area (Å²) in [6.07, 6.45) is 8.78. The summed E-state index contributed by atoms with van der Waals surface area (Å²) in [6, 6.07) is 0.711. The zero-order chi connectivity index (χ0) is 11.4. The summed E-state index contributed by atoms with van der Waals surface area (Å²) in [6.45, 7) is 5.24. The van der Waals surface area contributed by atoms with Gasteiger partial charge in [0.05, 0.1) is 0 Å². The zero-order valence-electron chi connectivity index (χ0n) is 10.4. The fourth-order valence-electron chi connectivity index (χ4n) is 2.77. The number of hydrogen-bond donors (Lipinski definition) is 2. The summed E-state index contributed by atoms with van der Waals surface area (Å²) in [5.41, 5.74) is 1.21. The molecule has 16 heavy (non-hydrogen) atoms. The fraction of sp³-hybridized carbons (Fsp3) is 0.769. The van der Waals surface area contributed by atoms with Gasteiger partial charge in [-0.15, -0.1) is 0 Å². The van der Waals surface area contributed by atoms with Crippen molar-refractivity contribution in [2.75, 3.05) is 0 Å². The predicted molar refractivity (Wildman–Crippen MR) is 66.2 cm³/mol. The van der Waals surface area contributed by atoms with E-state index in [0.29, 0.717) is 6.04 Å². The van der Waals surface area contributed by atoms with Crippen LogP contribution in [-0.4, -0.2) is 16.0 Å². The van der Waals surface area contributed by atoms with Crippen molar-refractivity contribution in [1.29, 1.82) is 0 Å². The number of aromatic amines is 1. The Balaban J connectivity index is 1.84. The molecule has 0 aromatic carbocycles. The van der Waals surface area contributed by atoms with Crippen molar-refractivity contribution in [1.82, 2.24) is 15.3 Å². The normalized spacial score (nSPS) is 25.9. The van der Waals surface area contributed by atoms with Crippen LogP contribution in [0.4, 0.5) is 0 Å². The topological polar surface area (TPSA) is 40.7 Å².